The third-order valence-electron chi connectivity index (χ3n) is 2.80. The standard InChI is InChI=1S/C13H17F2N3O2/c1-13(2,3)10(16)12(20)18-9-4-6(11(17)19)7(14)5-8(9)15/h4-5,10H,16H2,1-3H3,(H2,17,19)(H,18,20)/t10-/m0/s1. The molecule has 1 aromatic carbocycles. The molecule has 1 atom stereocenters. The predicted octanol–water partition coefficient (Wildman–Crippen LogP) is 1.38. The van der Waals surface area contributed by atoms with Crippen molar-refractivity contribution in [2.75, 3.05) is 5.32 Å². The van der Waals surface area contributed by atoms with Gasteiger partial charge in [0.2, 0.25) is 5.91 Å². The monoisotopic (exact) mass is 285 g/mol. The van der Waals surface area contributed by atoms with Crippen molar-refractivity contribution < 1.29 is 18.4 Å². The zero-order chi connectivity index (χ0) is 15.7. The molecule has 0 spiro atoms. The van der Waals surface area contributed by atoms with Crippen LogP contribution in [0.1, 0.15) is 31.1 Å². The van der Waals surface area contributed by atoms with Crippen molar-refractivity contribution in [3.63, 3.8) is 0 Å². The lowest BCUT2D eigenvalue weighted by atomic mass is 9.87. The summed E-state index contributed by atoms with van der Waals surface area (Å²) in [5.74, 6) is -3.80. The third kappa shape index (κ3) is 3.51. The highest BCUT2D eigenvalue weighted by atomic mass is 19.1. The Morgan fingerprint density at radius 1 is 1.20 bits per heavy atom. The van der Waals surface area contributed by atoms with Crippen LogP contribution in [0.3, 0.4) is 0 Å². The maximum absolute atomic E-state index is 13.6. The molecule has 7 heteroatoms. The van der Waals surface area contributed by atoms with Gasteiger partial charge < -0.3 is 16.8 Å². The van der Waals surface area contributed by atoms with Gasteiger partial charge in [-0.3, -0.25) is 9.59 Å². The first-order chi connectivity index (χ1) is 9.04. The minimum absolute atomic E-state index is 0.343. The van der Waals surface area contributed by atoms with E-state index in [9.17, 15) is 18.4 Å². The van der Waals surface area contributed by atoms with Crippen molar-refractivity contribution in [3.8, 4) is 0 Å². The minimum Gasteiger partial charge on any atom is -0.366 e. The molecule has 0 saturated carbocycles. The van der Waals surface area contributed by atoms with Crippen molar-refractivity contribution in [2.45, 2.75) is 26.8 Å². The van der Waals surface area contributed by atoms with Gasteiger partial charge in [0.25, 0.3) is 5.91 Å². The van der Waals surface area contributed by atoms with Crippen molar-refractivity contribution >= 4 is 17.5 Å². The zero-order valence-corrected chi connectivity index (χ0v) is 11.5. The number of nitrogens with two attached hydrogens (primary N) is 2. The van der Waals surface area contributed by atoms with E-state index in [1.54, 1.807) is 20.8 Å². The second-order valence-corrected chi connectivity index (χ2v) is 5.51. The van der Waals surface area contributed by atoms with Crippen LogP contribution in [-0.4, -0.2) is 17.9 Å². The van der Waals surface area contributed by atoms with E-state index in [-0.39, 0.29) is 5.69 Å². The number of carbonyl (C=O) groups excluding carboxylic acids is 2. The number of carbonyl (C=O) groups is 2. The molecule has 20 heavy (non-hydrogen) atoms. The Bertz CT molecular complexity index is 553. The molecule has 1 aromatic rings. The summed E-state index contributed by atoms with van der Waals surface area (Å²) in [6.45, 7) is 5.23. The van der Waals surface area contributed by atoms with Crippen LogP contribution in [0.2, 0.25) is 0 Å². The number of anilines is 1. The highest BCUT2D eigenvalue weighted by Crippen LogP contribution is 2.22. The number of halogens is 2. The summed E-state index contributed by atoms with van der Waals surface area (Å²) < 4.78 is 26.9. The molecule has 0 aliphatic heterocycles. The second kappa shape index (κ2) is 5.54. The van der Waals surface area contributed by atoms with Crippen LogP contribution in [-0.2, 0) is 4.79 Å². The lowest BCUT2D eigenvalue weighted by Crippen LogP contribution is -2.45. The van der Waals surface area contributed by atoms with Gasteiger partial charge in [0.15, 0.2) is 0 Å². The zero-order valence-electron chi connectivity index (χ0n) is 11.5. The summed E-state index contributed by atoms with van der Waals surface area (Å²) in [6.07, 6.45) is 0. The molecule has 0 radical (unpaired) electrons. The average Bonchev–Trinajstić information content (AvgIpc) is 2.29. The Labute approximate surface area is 115 Å². The maximum atomic E-state index is 13.6. The summed E-state index contributed by atoms with van der Waals surface area (Å²) >= 11 is 0. The van der Waals surface area contributed by atoms with Gasteiger partial charge >= 0.3 is 0 Å². The summed E-state index contributed by atoms with van der Waals surface area (Å²) in [5, 5.41) is 2.23. The lowest BCUT2D eigenvalue weighted by Gasteiger charge is -2.25. The lowest BCUT2D eigenvalue weighted by molar-refractivity contribution is -0.119. The molecule has 110 valence electrons. The largest absolute Gasteiger partial charge is 0.366 e. The van der Waals surface area contributed by atoms with Crippen molar-refractivity contribution in [3.05, 3.63) is 29.3 Å². The molecule has 0 aliphatic carbocycles. The summed E-state index contributed by atoms with van der Waals surface area (Å²) in [7, 11) is 0. The molecule has 0 unspecified atom stereocenters. The number of hydrogen-bond donors (Lipinski definition) is 3. The molecule has 0 aliphatic rings. The van der Waals surface area contributed by atoms with Crippen molar-refractivity contribution in [1.29, 1.82) is 0 Å². The Morgan fingerprint density at radius 2 is 1.75 bits per heavy atom. The van der Waals surface area contributed by atoms with Crippen LogP contribution < -0.4 is 16.8 Å². The van der Waals surface area contributed by atoms with Gasteiger partial charge in [-0.2, -0.15) is 0 Å². The molecule has 2 amide bonds. The van der Waals surface area contributed by atoms with Crippen LogP contribution in [0.15, 0.2) is 12.1 Å². The normalized spacial score (nSPS) is 12.9. The maximum Gasteiger partial charge on any atom is 0.251 e. The smallest absolute Gasteiger partial charge is 0.251 e. The van der Waals surface area contributed by atoms with Crippen LogP contribution >= 0.6 is 0 Å². The first-order valence-corrected chi connectivity index (χ1v) is 5.89. The van der Waals surface area contributed by atoms with Gasteiger partial charge in [0.05, 0.1) is 17.3 Å². The Hall–Kier alpha value is -2.02. The number of hydrogen-bond acceptors (Lipinski definition) is 3. The molecule has 0 fully saturated rings. The molecule has 0 heterocycles. The van der Waals surface area contributed by atoms with Gasteiger partial charge in [-0.25, -0.2) is 8.78 Å². The fraction of sp³-hybridized carbons (Fsp3) is 0.385. The molecule has 0 saturated heterocycles. The molecule has 5 N–H and O–H groups in total. The number of benzene rings is 1. The van der Waals surface area contributed by atoms with Gasteiger partial charge in [0.1, 0.15) is 11.6 Å². The Kier molecular flexibility index (Phi) is 4.44. The Balaban J connectivity index is 3.07. The van der Waals surface area contributed by atoms with E-state index in [0.29, 0.717) is 6.07 Å². The quantitative estimate of drug-likeness (QED) is 0.782. The van der Waals surface area contributed by atoms with Crippen molar-refractivity contribution in [1.82, 2.24) is 0 Å². The fourth-order valence-corrected chi connectivity index (χ4v) is 1.44. The topological polar surface area (TPSA) is 98.2 Å². The number of rotatable bonds is 3. The van der Waals surface area contributed by atoms with E-state index in [0.717, 1.165) is 6.07 Å². The highest BCUT2D eigenvalue weighted by Gasteiger charge is 2.28. The number of primary amides is 1. The van der Waals surface area contributed by atoms with E-state index in [1.807, 2.05) is 0 Å². The van der Waals surface area contributed by atoms with E-state index in [1.165, 1.54) is 0 Å². The SMILES string of the molecule is CC(C)(C)[C@@H](N)C(=O)Nc1cc(C(N)=O)c(F)cc1F. The van der Waals surface area contributed by atoms with Crippen LogP contribution in [0.25, 0.3) is 0 Å². The van der Waals surface area contributed by atoms with E-state index in [2.05, 4.69) is 5.32 Å². The second-order valence-electron chi connectivity index (χ2n) is 5.51. The van der Waals surface area contributed by atoms with Gasteiger partial charge in [0, 0.05) is 6.07 Å². The van der Waals surface area contributed by atoms with Crippen LogP contribution in [0, 0.1) is 17.0 Å². The predicted molar refractivity (Wildman–Crippen MR) is 70.9 cm³/mol. The molecule has 0 aromatic heterocycles. The van der Waals surface area contributed by atoms with Crippen LogP contribution in [0.5, 0.6) is 0 Å². The number of amides is 2. The fourth-order valence-electron chi connectivity index (χ4n) is 1.44. The molecular weight excluding hydrogens is 268 g/mol. The minimum atomic E-state index is -1.09. The van der Waals surface area contributed by atoms with E-state index < -0.39 is 40.5 Å². The summed E-state index contributed by atoms with van der Waals surface area (Å²) in [6, 6.07) is 0.433. The Morgan fingerprint density at radius 3 is 2.20 bits per heavy atom. The number of nitrogens with one attached hydrogen (secondary N) is 1. The highest BCUT2D eigenvalue weighted by molar-refractivity contribution is 5.98. The van der Waals surface area contributed by atoms with Gasteiger partial charge in [-0.1, -0.05) is 20.8 Å². The summed E-state index contributed by atoms with van der Waals surface area (Å²) in [5.41, 5.74) is 9.29. The van der Waals surface area contributed by atoms with E-state index in [4.69, 9.17) is 11.5 Å². The van der Waals surface area contributed by atoms with E-state index >= 15 is 0 Å². The first kappa shape index (κ1) is 16.0. The third-order valence-corrected chi connectivity index (χ3v) is 2.80. The molecule has 0 bridgehead atoms. The van der Waals surface area contributed by atoms with Gasteiger partial charge in [-0.05, 0) is 11.5 Å². The summed E-state index contributed by atoms with van der Waals surface area (Å²) in [4.78, 5) is 22.9. The molecular formula is C13H17F2N3O2. The molecule has 1 rings (SSSR count). The first-order valence-electron chi connectivity index (χ1n) is 5.89. The van der Waals surface area contributed by atoms with Crippen LogP contribution in [0.4, 0.5) is 14.5 Å². The van der Waals surface area contributed by atoms with Gasteiger partial charge in [-0.15, -0.1) is 0 Å². The van der Waals surface area contributed by atoms with Crippen molar-refractivity contribution in [2.24, 2.45) is 16.9 Å². The average molecular weight is 285 g/mol. The molecule has 5 nitrogen and oxygen atoms in total.